The number of carboxylic acid groups (broad SMARTS) is 1. The normalized spacial score (nSPS) is 31.6. The minimum absolute atomic E-state index is 0.0240. The van der Waals surface area contributed by atoms with Crippen molar-refractivity contribution in [2.75, 3.05) is 6.61 Å². The molecule has 0 aromatic heterocycles. The molecule has 1 rings (SSSR count). The van der Waals surface area contributed by atoms with E-state index in [2.05, 4.69) is 15.3 Å². The number of hydrogen-bond donors (Lipinski definition) is 2. The Bertz CT molecular complexity index is 264. The van der Waals surface area contributed by atoms with E-state index in [1.807, 2.05) is 6.92 Å². The molecule has 0 aliphatic carbocycles. The monoisotopic (exact) mass is 200 g/mol. The van der Waals surface area contributed by atoms with Gasteiger partial charge >= 0.3 is 0 Å². The van der Waals surface area contributed by atoms with Crippen molar-refractivity contribution in [1.29, 1.82) is 5.53 Å². The molecular weight excluding hydrogens is 188 g/mol. The maximum absolute atomic E-state index is 10.3. The van der Waals surface area contributed by atoms with Gasteiger partial charge in [-0.25, -0.2) is 0 Å². The lowest BCUT2D eigenvalue weighted by Gasteiger charge is -2.30. The molecule has 78 valence electrons. The van der Waals surface area contributed by atoms with Crippen molar-refractivity contribution in [2.45, 2.75) is 31.5 Å². The fourth-order valence-corrected chi connectivity index (χ4v) is 1.46. The van der Waals surface area contributed by atoms with Gasteiger partial charge in [-0.05, 0) is 13.3 Å². The number of nitrogens with zero attached hydrogens (tertiary/aromatic N) is 2. The topological polar surface area (TPSA) is 112 Å². The first kappa shape index (κ1) is 10.6. The van der Waals surface area contributed by atoms with Crippen LogP contribution in [0.4, 0.5) is 4.79 Å². The Hall–Kier alpha value is -1.46. The Kier molecular flexibility index (Phi) is 3.55. The third-order valence-corrected chi connectivity index (χ3v) is 2.11. The second-order valence-electron chi connectivity index (χ2n) is 3.20. The summed E-state index contributed by atoms with van der Waals surface area (Å²) in [5.41, 5.74) is 6.57. The lowest BCUT2D eigenvalue weighted by molar-refractivity contribution is -0.252. The number of rotatable bonds is 2. The Morgan fingerprint density at radius 1 is 1.79 bits per heavy atom. The summed E-state index contributed by atoms with van der Waals surface area (Å²) in [5, 5.41) is 16.1. The quantitative estimate of drug-likeness (QED) is 0.441. The summed E-state index contributed by atoms with van der Waals surface area (Å²) >= 11 is 0. The molecule has 1 unspecified atom stereocenters. The summed E-state index contributed by atoms with van der Waals surface area (Å²) in [6.45, 7) is 2.12. The van der Waals surface area contributed by atoms with Crippen molar-refractivity contribution in [3.05, 3.63) is 0 Å². The van der Waals surface area contributed by atoms with E-state index >= 15 is 0 Å². The molecule has 1 saturated heterocycles. The van der Waals surface area contributed by atoms with Crippen LogP contribution in [-0.2, 0) is 4.74 Å². The van der Waals surface area contributed by atoms with Crippen LogP contribution in [0.25, 0.3) is 0 Å². The van der Waals surface area contributed by atoms with Crippen LogP contribution in [0.1, 0.15) is 13.3 Å². The van der Waals surface area contributed by atoms with Gasteiger partial charge in [0.15, 0.2) is 6.04 Å². The SMILES string of the molecule is CC1C[C@H](NC(=O)[O-])[C@H](N=[N+]=N)CO1. The molecule has 1 amide bonds. The van der Waals surface area contributed by atoms with Gasteiger partial charge in [-0.3, -0.25) is 0 Å². The smallest absolute Gasteiger partial charge is 0.214 e. The lowest BCUT2D eigenvalue weighted by Crippen LogP contribution is -2.53. The van der Waals surface area contributed by atoms with Crippen molar-refractivity contribution < 1.29 is 14.6 Å². The van der Waals surface area contributed by atoms with Crippen LogP contribution in [0.2, 0.25) is 0 Å². The number of amides is 1. The first-order valence-electron chi connectivity index (χ1n) is 4.29. The molecule has 0 bridgehead atoms. The highest BCUT2D eigenvalue weighted by Gasteiger charge is 2.32. The molecule has 1 aliphatic rings. The fourth-order valence-electron chi connectivity index (χ4n) is 1.46. The number of nitrogens with one attached hydrogen (secondary N) is 2. The molecule has 1 fully saturated rings. The number of hydrogen-bond acceptors (Lipinski definition) is 5. The Morgan fingerprint density at radius 3 is 3.07 bits per heavy atom. The zero-order chi connectivity index (χ0) is 10.6. The van der Waals surface area contributed by atoms with Crippen LogP contribution in [0.3, 0.4) is 0 Å². The number of carbonyl (C=O) groups is 1. The van der Waals surface area contributed by atoms with Crippen LogP contribution in [0, 0.1) is 5.53 Å². The van der Waals surface area contributed by atoms with E-state index in [0.717, 1.165) is 0 Å². The van der Waals surface area contributed by atoms with Crippen LogP contribution in [-0.4, -0.2) is 30.9 Å². The summed E-state index contributed by atoms with van der Waals surface area (Å²) < 4.78 is 5.26. The van der Waals surface area contributed by atoms with Gasteiger partial charge in [0.2, 0.25) is 4.91 Å². The lowest BCUT2D eigenvalue weighted by atomic mass is 10.0. The molecular formula is C7H12N4O3. The van der Waals surface area contributed by atoms with Crippen molar-refractivity contribution in [2.24, 2.45) is 5.11 Å². The van der Waals surface area contributed by atoms with Gasteiger partial charge in [-0.2, -0.15) is 0 Å². The van der Waals surface area contributed by atoms with Gasteiger partial charge < -0.3 is 20.0 Å². The molecule has 3 atom stereocenters. The predicted octanol–water partition coefficient (Wildman–Crippen LogP) is -0.984. The van der Waals surface area contributed by atoms with E-state index in [1.165, 1.54) is 0 Å². The Morgan fingerprint density at radius 2 is 2.50 bits per heavy atom. The Balaban J connectivity index is 2.62. The van der Waals surface area contributed by atoms with E-state index in [-0.39, 0.29) is 18.8 Å². The highest BCUT2D eigenvalue weighted by molar-refractivity contribution is 5.62. The first-order valence-corrected chi connectivity index (χ1v) is 4.29. The van der Waals surface area contributed by atoms with Gasteiger partial charge in [0.25, 0.3) is 0 Å². The van der Waals surface area contributed by atoms with Gasteiger partial charge in [0, 0.05) is 0 Å². The highest BCUT2D eigenvalue weighted by Crippen LogP contribution is 2.16. The molecule has 7 nitrogen and oxygen atoms in total. The summed E-state index contributed by atoms with van der Waals surface area (Å²) in [5.74, 6) is 0. The highest BCUT2D eigenvalue weighted by atomic mass is 16.5. The average Bonchev–Trinajstić information content (AvgIpc) is 2.09. The molecule has 1 heterocycles. The molecule has 0 saturated carbocycles. The summed E-state index contributed by atoms with van der Waals surface area (Å²) in [4.78, 5) is 13.2. The zero-order valence-corrected chi connectivity index (χ0v) is 7.77. The molecule has 0 spiro atoms. The maximum Gasteiger partial charge on any atom is 0.214 e. The van der Waals surface area contributed by atoms with E-state index in [1.54, 1.807) is 0 Å². The standard InChI is InChI=1S/C7H12N4O3/c1-4-2-5(9-7(12)13)6(3-14-4)10-11-8/h4-6,8-9H,2-3H2,1H3/t4?,5-,6+/m0/s1. The predicted molar refractivity (Wildman–Crippen MR) is 43.4 cm³/mol. The average molecular weight is 200 g/mol. The Labute approximate surface area is 80.7 Å². The second kappa shape index (κ2) is 4.69. The minimum Gasteiger partial charge on any atom is -0.530 e. The first-order chi connectivity index (χ1) is 6.63. The summed E-state index contributed by atoms with van der Waals surface area (Å²) in [6.07, 6.45) is -0.851. The van der Waals surface area contributed by atoms with Crippen molar-refractivity contribution in [1.82, 2.24) is 10.2 Å². The third-order valence-electron chi connectivity index (χ3n) is 2.11. The van der Waals surface area contributed by atoms with E-state index in [4.69, 9.17) is 10.3 Å². The number of carbonyl (C=O) groups excluding carboxylic acids is 1. The van der Waals surface area contributed by atoms with Crippen LogP contribution < -0.4 is 15.3 Å². The van der Waals surface area contributed by atoms with Crippen LogP contribution in [0.5, 0.6) is 0 Å². The molecule has 1 aliphatic heterocycles. The molecule has 14 heavy (non-hydrogen) atoms. The van der Waals surface area contributed by atoms with Gasteiger partial charge in [-0.1, -0.05) is 0 Å². The van der Waals surface area contributed by atoms with Crippen molar-refractivity contribution in [3.8, 4) is 0 Å². The molecule has 0 radical (unpaired) electrons. The fraction of sp³-hybridized carbons (Fsp3) is 0.857. The van der Waals surface area contributed by atoms with E-state index in [9.17, 15) is 9.90 Å². The van der Waals surface area contributed by atoms with Crippen molar-refractivity contribution in [3.63, 3.8) is 0 Å². The van der Waals surface area contributed by atoms with Gasteiger partial charge in [-0.15, -0.1) is 0 Å². The second-order valence-corrected chi connectivity index (χ2v) is 3.20. The van der Waals surface area contributed by atoms with E-state index in [0.29, 0.717) is 6.42 Å². The molecule has 0 aromatic rings. The van der Waals surface area contributed by atoms with Crippen LogP contribution >= 0.6 is 0 Å². The van der Waals surface area contributed by atoms with Gasteiger partial charge in [0.1, 0.15) is 16.7 Å². The van der Waals surface area contributed by atoms with Crippen LogP contribution in [0.15, 0.2) is 5.11 Å². The number of ether oxygens (including phenoxy) is 1. The van der Waals surface area contributed by atoms with E-state index < -0.39 is 12.1 Å². The minimum atomic E-state index is -1.34. The largest absolute Gasteiger partial charge is 0.530 e. The summed E-state index contributed by atoms with van der Waals surface area (Å²) in [6, 6.07) is -0.806. The molecule has 0 aromatic carbocycles. The third kappa shape index (κ3) is 2.79. The zero-order valence-electron chi connectivity index (χ0n) is 7.77. The summed E-state index contributed by atoms with van der Waals surface area (Å²) in [7, 11) is 0. The molecule has 2 N–H and O–H groups in total. The van der Waals surface area contributed by atoms with Gasteiger partial charge in [0.05, 0.1) is 18.8 Å². The molecule has 7 heteroatoms. The van der Waals surface area contributed by atoms with Crippen molar-refractivity contribution >= 4 is 6.09 Å². The maximum atomic E-state index is 10.3.